The Hall–Kier alpha value is 1.59. The first kappa shape index (κ1) is 19.6. The molecule has 0 fully saturated rings. The van der Waals surface area contributed by atoms with Crippen molar-refractivity contribution in [2.75, 3.05) is 12.3 Å². The summed E-state index contributed by atoms with van der Waals surface area (Å²) in [5.74, 6) is 0. The van der Waals surface area contributed by atoms with Gasteiger partial charge in [0.1, 0.15) is 0 Å². The van der Waals surface area contributed by atoms with Gasteiger partial charge >= 0.3 is 133 Å². The van der Waals surface area contributed by atoms with Gasteiger partial charge in [-0.05, 0) is 0 Å². The van der Waals surface area contributed by atoms with Crippen molar-refractivity contribution in [1.29, 1.82) is 0 Å². The molecule has 0 saturated heterocycles. The van der Waals surface area contributed by atoms with Crippen molar-refractivity contribution >= 4 is 51.0 Å². The van der Waals surface area contributed by atoms with E-state index in [-0.39, 0.29) is 0 Å². The Morgan fingerprint density at radius 3 is 1.50 bits per heavy atom. The fourth-order valence-electron chi connectivity index (χ4n) is 2.01. The van der Waals surface area contributed by atoms with Crippen LogP contribution in [0.4, 0.5) is 0 Å². The number of unbranched alkanes of at least 4 members (excludes halogenated alkanes) is 3. The number of alkyl halides is 2. The number of hydrogen-bond acceptors (Lipinski definition) is 0. The quantitative estimate of drug-likeness (QED) is 0.277. The molecule has 0 atom stereocenters. The van der Waals surface area contributed by atoms with E-state index in [0.29, 0.717) is 6.42 Å². The van der Waals surface area contributed by atoms with Crippen LogP contribution in [0.25, 0.3) is 0 Å². The molecule has 0 saturated carbocycles. The van der Waals surface area contributed by atoms with Crippen molar-refractivity contribution in [3.63, 3.8) is 0 Å². The molecule has 112 valence electrons. The van der Waals surface area contributed by atoms with E-state index in [1.165, 1.54) is 0 Å². The third kappa shape index (κ3) is 5.17. The minimum atomic E-state index is -3.06. The van der Waals surface area contributed by atoms with Gasteiger partial charge in [0, 0.05) is 0 Å². The molecule has 0 aromatic carbocycles. The molecule has 18 heavy (non-hydrogen) atoms. The summed E-state index contributed by atoms with van der Waals surface area (Å²) in [5, 5.41) is -3.06. The van der Waals surface area contributed by atoms with Crippen LogP contribution in [0.5, 0.6) is 0 Å². The Bertz CT molecular complexity index is 229. The molecule has 0 rings (SSSR count). The minimum absolute atomic E-state index is 0.699. The van der Waals surface area contributed by atoms with Crippen LogP contribution in [-0.4, -0.2) is 16.4 Å². The second-order valence-electron chi connectivity index (χ2n) is 5.17. The summed E-state index contributed by atoms with van der Waals surface area (Å²) in [6, 6.07) is 0. The van der Waals surface area contributed by atoms with Gasteiger partial charge < -0.3 is 0 Å². The SMILES string of the molecule is CCCCC(Cl)(Cl)P(Cl)(Cl)(CCCC)CCCC. The standard InChI is InChI=1S/C13H27Cl4P/c1-4-7-10-13(14,15)18(16,17,11-8-5-2)12-9-6-3/h4-12H2,1-3H3. The summed E-state index contributed by atoms with van der Waals surface area (Å²) >= 11 is 27.0. The fourth-order valence-corrected chi connectivity index (χ4v) is 8.63. The van der Waals surface area contributed by atoms with Crippen LogP contribution in [0.15, 0.2) is 0 Å². The molecule has 0 heterocycles. The van der Waals surface area contributed by atoms with Gasteiger partial charge in [0.05, 0.1) is 0 Å². The van der Waals surface area contributed by atoms with E-state index < -0.39 is 9.38 Å². The van der Waals surface area contributed by atoms with Gasteiger partial charge in [0.25, 0.3) is 0 Å². The van der Waals surface area contributed by atoms with Crippen molar-refractivity contribution in [3.8, 4) is 0 Å². The maximum absolute atomic E-state index is 6.91. The first-order valence-electron chi connectivity index (χ1n) is 7.05. The Labute approximate surface area is 133 Å². The van der Waals surface area contributed by atoms with Crippen molar-refractivity contribution in [2.45, 2.75) is 69.8 Å². The zero-order valence-corrected chi connectivity index (χ0v) is 15.7. The average molecular weight is 356 g/mol. The third-order valence-corrected chi connectivity index (χ3v) is 15.1. The second-order valence-corrected chi connectivity index (χ2v) is 16.8. The summed E-state index contributed by atoms with van der Waals surface area (Å²) in [7, 11) is 0. The Morgan fingerprint density at radius 1 is 0.778 bits per heavy atom. The zero-order valence-electron chi connectivity index (χ0n) is 11.8. The second kappa shape index (κ2) is 8.14. The van der Waals surface area contributed by atoms with E-state index in [9.17, 15) is 0 Å². The van der Waals surface area contributed by atoms with Crippen molar-refractivity contribution < 1.29 is 0 Å². The number of rotatable bonds is 10. The van der Waals surface area contributed by atoms with Crippen LogP contribution in [0.1, 0.15) is 65.7 Å². The molecule has 0 aliphatic rings. The van der Waals surface area contributed by atoms with E-state index in [1.807, 2.05) is 0 Å². The predicted octanol–water partition coefficient (Wildman–Crippen LogP) is 7.77. The molecular weight excluding hydrogens is 329 g/mol. The van der Waals surface area contributed by atoms with Crippen molar-refractivity contribution in [1.82, 2.24) is 0 Å². The van der Waals surface area contributed by atoms with Gasteiger partial charge in [-0.25, -0.2) is 0 Å². The van der Waals surface area contributed by atoms with Crippen LogP contribution < -0.4 is 0 Å². The molecule has 0 amide bonds. The monoisotopic (exact) mass is 354 g/mol. The molecule has 5 heteroatoms. The van der Waals surface area contributed by atoms with Crippen molar-refractivity contribution in [3.05, 3.63) is 0 Å². The zero-order chi connectivity index (χ0) is 14.3. The summed E-state index contributed by atoms with van der Waals surface area (Å²) in [6.45, 7) is 6.40. The van der Waals surface area contributed by atoms with Crippen molar-refractivity contribution in [2.24, 2.45) is 0 Å². The van der Waals surface area contributed by atoms with Crippen LogP contribution in [-0.2, 0) is 0 Å². The summed E-state index contributed by atoms with van der Waals surface area (Å²) in [6.07, 6.45) is 8.44. The molecule has 0 nitrogen and oxygen atoms in total. The van der Waals surface area contributed by atoms with E-state index in [0.717, 1.165) is 50.8 Å². The number of hydrogen-bond donors (Lipinski definition) is 0. The van der Waals surface area contributed by atoms with E-state index >= 15 is 0 Å². The topological polar surface area (TPSA) is 0 Å². The molecule has 0 N–H and O–H groups in total. The third-order valence-electron chi connectivity index (χ3n) is 3.44. The molecule has 0 spiro atoms. The Kier molecular flexibility index (Phi) is 8.85. The van der Waals surface area contributed by atoms with E-state index in [2.05, 4.69) is 20.8 Å². The van der Waals surface area contributed by atoms with Gasteiger partial charge in [-0.2, -0.15) is 0 Å². The van der Waals surface area contributed by atoms with Crippen LogP contribution in [0.3, 0.4) is 0 Å². The van der Waals surface area contributed by atoms with E-state index in [4.69, 9.17) is 45.7 Å². The number of halogens is 4. The van der Waals surface area contributed by atoms with Crippen LogP contribution in [0.2, 0.25) is 0 Å². The first-order chi connectivity index (χ1) is 8.23. The molecule has 0 aliphatic carbocycles. The summed E-state index contributed by atoms with van der Waals surface area (Å²) in [4.78, 5) is 0. The van der Waals surface area contributed by atoms with Gasteiger partial charge in [0.15, 0.2) is 0 Å². The molecule has 0 radical (unpaired) electrons. The van der Waals surface area contributed by atoms with Crippen LogP contribution >= 0.6 is 51.0 Å². The molecule has 0 aromatic rings. The van der Waals surface area contributed by atoms with Gasteiger partial charge in [-0.1, -0.05) is 0 Å². The first-order valence-corrected chi connectivity index (χ1v) is 12.2. The average Bonchev–Trinajstić information content (AvgIpc) is 2.32. The molecule has 0 bridgehead atoms. The molecule has 0 unspecified atom stereocenters. The predicted molar refractivity (Wildman–Crippen MR) is 92.1 cm³/mol. The fraction of sp³-hybridized carbons (Fsp3) is 1.00. The molecule has 0 aliphatic heterocycles. The molecule has 0 aromatic heterocycles. The normalized spacial score (nSPS) is 15.4. The maximum atomic E-state index is 6.91. The Balaban J connectivity index is 5.03. The van der Waals surface area contributed by atoms with Gasteiger partial charge in [-0.3, -0.25) is 0 Å². The summed E-state index contributed by atoms with van der Waals surface area (Å²) in [5.41, 5.74) is 0. The summed E-state index contributed by atoms with van der Waals surface area (Å²) < 4.78 is -0.949. The van der Waals surface area contributed by atoms with E-state index in [1.54, 1.807) is 0 Å². The molecular formula is C13H27Cl4P. The van der Waals surface area contributed by atoms with Crippen LogP contribution in [0, 0.1) is 0 Å². The Morgan fingerprint density at radius 2 is 1.17 bits per heavy atom. The van der Waals surface area contributed by atoms with Gasteiger partial charge in [0.2, 0.25) is 0 Å². The van der Waals surface area contributed by atoms with Gasteiger partial charge in [-0.15, -0.1) is 0 Å².